The highest BCUT2D eigenvalue weighted by atomic mass is 19.3. The van der Waals surface area contributed by atoms with Crippen molar-refractivity contribution in [2.24, 2.45) is 0 Å². The van der Waals surface area contributed by atoms with Crippen LogP contribution in [0.25, 0.3) is 0 Å². The molecule has 0 aliphatic heterocycles. The van der Waals surface area contributed by atoms with Gasteiger partial charge >= 0.3 is 5.97 Å². The second kappa shape index (κ2) is 2.92. The molecule has 60 valence electrons. The maximum absolute atomic E-state index is 12.0. The maximum atomic E-state index is 12.0. The first kappa shape index (κ1) is 9.29. The van der Waals surface area contributed by atoms with Crippen molar-refractivity contribution in [1.82, 2.24) is 0 Å². The second-order valence-corrected chi connectivity index (χ2v) is 2.07. The summed E-state index contributed by atoms with van der Waals surface area (Å²) in [5.41, 5.74) is 0. The summed E-state index contributed by atoms with van der Waals surface area (Å²) in [5.74, 6) is -4.77. The largest absolute Gasteiger partial charge is 0.481 e. The van der Waals surface area contributed by atoms with E-state index in [4.69, 9.17) is 10.2 Å². The lowest BCUT2D eigenvalue weighted by Gasteiger charge is -2.15. The van der Waals surface area contributed by atoms with E-state index in [0.29, 0.717) is 6.92 Å². The number of alkyl halides is 2. The summed E-state index contributed by atoms with van der Waals surface area (Å²) < 4.78 is 23.9. The molecule has 0 spiro atoms. The lowest BCUT2D eigenvalue weighted by molar-refractivity contribution is -0.148. The van der Waals surface area contributed by atoms with Crippen LogP contribution in [0.3, 0.4) is 0 Å². The maximum Gasteiger partial charge on any atom is 0.306 e. The van der Waals surface area contributed by atoms with Crippen LogP contribution >= 0.6 is 0 Å². The molecule has 0 saturated heterocycles. The van der Waals surface area contributed by atoms with E-state index in [1.807, 2.05) is 0 Å². The van der Waals surface area contributed by atoms with Crippen molar-refractivity contribution in [3.63, 3.8) is 0 Å². The highest BCUT2D eigenvalue weighted by Gasteiger charge is 2.33. The van der Waals surface area contributed by atoms with Gasteiger partial charge in [0.1, 0.15) is 6.10 Å². The molecule has 0 heterocycles. The lowest BCUT2D eigenvalue weighted by Crippen LogP contribution is -2.31. The van der Waals surface area contributed by atoms with Crippen molar-refractivity contribution >= 4 is 5.97 Å². The molecule has 0 bridgehead atoms. The molecule has 0 rings (SSSR count). The number of hydrogen-bond donors (Lipinski definition) is 2. The molecule has 0 aromatic heterocycles. The van der Waals surface area contributed by atoms with Gasteiger partial charge in [-0.2, -0.15) is 0 Å². The molecule has 3 nitrogen and oxygen atoms in total. The third kappa shape index (κ3) is 3.34. The van der Waals surface area contributed by atoms with Crippen molar-refractivity contribution in [1.29, 1.82) is 0 Å². The van der Waals surface area contributed by atoms with Crippen molar-refractivity contribution in [2.75, 3.05) is 0 Å². The summed E-state index contributed by atoms with van der Waals surface area (Å²) in [6.07, 6.45) is -3.02. The minimum atomic E-state index is -3.33. The standard InChI is InChI=1S/C5H8F2O3/c1-5(6,7)3(8)2-4(9)10/h3,8H,2H2,1H3,(H,9,10). The molecule has 5 heteroatoms. The summed E-state index contributed by atoms with van der Waals surface area (Å²) in [6.45, 7) is 0.473. The van der Waals surface area contributed by atoms with Crippen LogP contribution in [0.2, 0.25) is 0 Å². The SMILES string of the molecule is CC(F)(F)C(O)CC(=O)O. The smallest absolute Gasteiger partial charge is 0.306 e. The van der Waals surface area contributed by atoms with Crippen molar-refractivity contribution in [2.45, 2.75) is 25.4 Å². The van der Waals surface area contributed by atoms with Gasteiger partial charge in [0.15, 0.2) is 0 Å². The zero-order valence-electron chi connectivity index (χ0n) is 5.34. The number of carboxylic acids is 1. The van der Waals surface area contributed by atoms with Crippen molar-refractivity contribution in [3.8, 4) is 0 Å². The molecule has 0 aliphatic carbocycles. The number of aliphatic hydroxyl groups excluding tert-OH is 1. The summed E-state index contributed by atoms with van der Waals surface area (Å²) in [4.78, 5) is 9.76. The predicted molar refractivity (Wildman–Crippen MR) is 28.9 cm³/mol. The monoisotopic (exact) mass is 154 g/mol. The Morgan fingerprint density at radius 1 is 1.70 bits per heavy atom. The second-order valence-electron chi connectivity index (χ2n) is 2.07. The number of halogens is 2. The first-order valence-corrected chi connectivity index (χ1v) is 2.61. The van der Waals surface area contributed by atoms with Crippen molar-refractivity contribution in [3.05, 3.63) is 0 Å². The lowest BCUT2D eigenvalue weighted by atomic mass is 10.1. The summed E-state index contributed by atoms with van der Waals surface area (Å²) in [5, 5.41) is 16.4. The first-order valence-electron chi connectivity index (χ1n) is 2.61. The van der Waals surface area contributed by atoms with Gasteiger partial charge in [0, 0.05) is 6.92 Å². The Balaban J connectivity index is 3.85. The molecule has 0 aromatic rings. The number of hydrogen-bond acceptors (Lipinski definition) is 2. The molecule has 0 saturated carbocycles. The zero-order valence-corrected chi connectivity index (χ0v) is 5.34. The molecule has 0 radical (unpaired) electrons. The Kier molecular flexibility index (Phi) is 2.71. The highest BCUT2D eigenvalue weighted by molar-refractivity contribution is 5.67. The van der Waals surface area contributed by atoms with Gasteiger partial charge in [-0.1, -0.05) is 0 Å². The molecule has 0 fully saturated rings. The van der Waals surface area contributed by atoms with Crippen LogP contribution in [0.15, 0.2) is 0 Å². The van der Waals surface area contributed by atoms with Gasteiger partial charge in [-0.3, -0.25) is 4.79 Å². The van der Waals surface area contributed by atoms with Crippen LogP contribution in [0.5, 0.6) is 0 Å². The molecular weight excluding hydrogens is 146 g/mol. The fourth-order valence-electron chi connectivity index (χ4n) is 0.345. The Bertz CT molecular complexity index is 129. The van der Waals surface area contributed by atoms with Gasteiger partial charge < -0.3 is 10.2 Å². The summed E-state index contributed by atoms with van der Waals surface area (Å²) in [7, 11) is 0. The van der Waals surface area contributed by atoms with Crippen LogP contribution in [-0.2, 0) is 4.79 Å². The minimum absolute atomic E-state index is 0.473. The predicted octanol–water partition coefficient (Wildman–Crippen LogP) is 0.477. The molecule has 0 aromatic carbocycles. The fourth-order valence-corrected chi connectivity index (χ4v) is 0.345. The van der Waals surface area contributed by atoms with E-state index in [-0.39, 0.29) is 0 Å². The van der Waals surface area contributed by atoms with E-state index in [1.54, 1.807) is 0 Å². The van der Waals surface area contributed by atoms with Gasteiger partial charge in [-0.25, -0.2) is 8.78 Å². The quantitative estimate of drug-likeness (QED) is 0.621. The normalized spacial score (nSPS) is 14.8. The summed E-state index contributed by atoms with van der Waals surface area (Å²) in [6, 6.07) is 0. The Morgan fingerprint density at radius 3 is 2.20 bits per heavy atom. The summed E-state index contributed by atoms with van der Waals surface area (Å²) >= 11 is 0. The van der Waals surface area contributed by atoms with Crippen LogP contribution in [0.4, 0.5) is 8.78 Å². The number of aliphatic carboxylic acids is 1. The molecule has 0 aliphatic rings. The molecule has 1 atom stereocenters. The third-order valence-corrected chi connectivity index (χ3v) is 0.953. The van der Waals surface area contributed by atoms with Crippen LogP contribution in [0, 0.1) is 0 Å². The topological polar surface area (TPSA) is 57.5 Å². The van der Waals surface area contributed by atoms with Crippen molar-refractivity contribution < 1.29 is 23.8 Å². The van der Waals surface area contributed by atoms with E-state index in [1.165, 1.54) is 0 Å². The Morgan fingerprint density at radius 2 is 2.10 bits per heavy atom. The molecule has 10 heavy (non-hydrogen) atoms. The number of rotatable bonds is 3. The zero-order chi connectivity index (χ0) is 8.36. The number of carboxylic acid groups (broad SMARTS) is 1. The van der Waals surface area contributed by atoms with E-state index in [0.717, 1.165) is 0 Å². The van der Waals surface area contributed by atoms with Gasteiger partial charge in [-0.15, -0.1) is 0 Å². The average Bonchev–Trinajstić information content (AvgIpc) is 1.60. The highest BCUT2D eigenvalue weighted by Crippen LogP contribution is 2.19. The van der Waals surface area contributed by atoms with Gasteiger partial charge in [0.25, 0.3) is 5.92 Å². The van der Waals surface area contributed by atoms with Gasteiger partial charge in [0.05, 0.1) is 6.42 Å². The molecule has 0 amide bonds. The van der Waals surface area contributed by atoms with E-state index in [2.05, 4.69) is 0 Å². The minimum Gasteiger partial charge on any atom is -0.481 e. The van der Waals surface area contributed by atoms with Crippen LogP contribution in [0.1, 0.15) is 13.3 Å². The number of aliphatic hydroxyl groups is 1. The molecular formula is C5H8F2O3. The molecule has 2 N–H and O–H groups in total. The average molecular weight is 154 g/mol. The Labute approximate surface area is 56.3 Å². The van der Waals surface area contributed by atoms with Gasteiger partial charge in [0.2, 0.25) is 0 Å². The molecule has 1 unspecified atom stereocenters. The first-order chi connectivity index (χ1) is 4.34. The van der Waals surface area contributed by atoms with E-state index < -0.39 is 24.4 Å². The van der Waals surface area contributed by atoms with Crippen LogP contribution in [-0.4, -0.2) is 28.2 Å². The third-order valence-electron chi connectivity index (χ3n) is 0.953. The fraction of sp³-hybridized carbons (Fsp3) is 0.800. The van der Waals surface area contributed by atoms with E-state index in [9.17, 15) is 13.6 Å². The van der Waals surface area contributed by atoms with Crippen LogP contribution < -0.4 is 0 Å². The number of carbonyl (C=O) groups is 1. The Hall–Kier alpha value is -0.710. The van der Waals surface area contributed by atoms with E-state index >= 15 is 0 Å². The van der Waals surface area contributed by atoms with Gasteiger partial charge in [-0.05, 0) is 0 Å².